The van der Waals surface area contributed by atoms with Crippen LogP contribution in [0.5, 0.6) is 0 Å². The summed E-state index contributed by atoms with van der Waals surface area (Å²) in [5.41, 5.74) is 2.83. The number of nitrogens with one attached hydrogen (secondary N) is 2. The van der Waals surface area contributed by atoms with Crippen molar-refractivity contribution in [2.45, 2.75) is 6.92 Å². The summed E-state index contributed by atoms with van der Waals surface area (Å²) in [7, 11) is 0. The maximum Gasteiger partial charge on any atom is 0.288 e. The fourth-order valence-electron chi connectivity index (χ4n) is 2.23. The summed E-state index contributed by atoms with van der Waals surface area (Å²) in [4.78, 5) is 28.6. The highest BCUT2D eigenvalue weighted by Crippen LogP contribution is 2.27. The number of aromatic nitrogens is 2. The zero-order valence-electron chi connectivity index (χ0n) is 11.7. The summed E-state index contributed by atoms with van der Waals surface area (Å²) in [6, 6.07) is 10.6. The van der Waals surface area contributed by atoms with Crippen LogP contribution in [0.1, 0.15) is 6.92 Å². The number of hydrogen-bond acceptors (Lipinski definition) is 4. The Morgan fingerprint density at radius 1 is 1.32 bits per heavy atom. The molecule has 7 nitrogen and oxygen atoms in total. The number of pyridine rings is 1. The van der Waals surface area contributed by atoms with Gasteiger partial charge in [0.1, 0.15) is 11.8 Å². The summed E-state index contributed by atoms with van der Waals surface area (Å²) in [6.07, 6.45) is 1.22. The number of aromatic amines is 1. The fraction of sp³-hybridized carbons (Fsp3) is 0.0667. The summed E-state index contributed by atoms with van der Waals surface area (Å²) in [5.74, 6) is -0.147. The number of nitrogens with zero attached hydrogens (tertiary/aromatic N) is 2. The number of nitro groups is 1. The van der Waals surface area contributed by atoms with E-state index in [1.807, 2.05) is 18.2 Å². The molecule has 0 radical (unpaired) electrons. The Morgan fingerprint density at radius 3 is 2.86 bits per heavy atom. The van der Waals surface area contributed by atoms with Gasteiger partial charge in [-0.15, -0.1) is 0 Å². The van der Waals surface area contributed by atoms with Crippen molar-refractivity contribution in [2.75, 3.05) is 5.32 Å². The molecule has 1 aromatic carbocycles. The van der Waals surface area contributed by atoms with Crippen molar-refractivity contribution >= 4 is 28.3 Å². The maximum absolute atomic E-state index is 11.1. The van der Waals surface area contributed by atoms with Crippen LogP contribution in [0.4, 0.5) is 11.4 Å². The van der Waals surface area contributed by atoms with E-state index in [0.29, 0.717) is 16.7 Å². The predicted molar refractivity (Wildman–Crippen MR) is 82.5 cm³/mol. The van der Waals surface area contributed by atoms with E-state index in [1.54, 1.807) is 12.1 Å². The Bertz CT molecular complexity index is 885. The maximum atomic E-state index is 11.1. The van der Waals surface area contributed by atoms with Gasteiger partial charge >= 0.3 is 0 Å². The molecule has 0 unspecified atom stereocenters. The largest absolute Gasteiger partial charge is 0.339 e. The van der Waals surface area contributed by atoms with Gasteiger partial charge in [-0.25, -0.2) is 4.98 Å². The molecule has 3 aromatic rings. The minimum Gasteiger partial charge on any atom is -0.339 e. The topological polar surface area (TPSA) is 101 Å². The fourth-order valence-corrected chi connectivity index (χ4v) is 2.23. The molecule has 110 valence electrons. The van der Waals surface area contributed by atoms with E-state index in [4.69, 9.17) is 0 Å². The standard InChI is InChI=1S/C15H12N4O3/c1-9(20)17-12-4-2-3-10(5-12)14-7-11-6-13(19(21)22)8-16-15(11)18-14/h2-8H,1H3,(H,16,18)(H,17,20). The van der Waals surface area contributed by atoms with E-state index < -0.39 is 4.92 Å². The molecule has 7 heteroatoms. The van der Waals surface area contributed by atoms with E-state index in [0.717, 1.165) is 11.3 Å². The Morgan fingerprint density at radius 2 is 2.14 bits per heavy atom. The van der Waals surface area contributed by atoms with Crippen molar-refractivity contribution < 1.29 is 9.72 Å². The summed E-state index contributed by atoms with van der Waals surface area (Å²) < 4.78 is 0. The molecule has 1 amide bonds. The van der Waals surface area contributed by atoms with Gasteiger partial charge < -0.3 is 10.3 Å². The minimum atomic E-state index is -0.476. The molecule has 2 N–H and O–H groups in total. The summed E-state index contributed by atoms with van der Waals surface area (Å²) in [6.45, 7) is 1.44. The molecule has 0 saturated carbocycles. The molecule has 0 spiro atoms. The molecule has 0 aliphatic rings. The van der Waals surface area contributed by atoms with Gasteiger partial charge in [0.15, 0.2) is 0 Å². The van der Waals surface area contributed by atoms with Crippen LogP contribution >= 0.6 is 0 Å². The monoisotopic (exact) mass is 296 g/mol. The normalized spacial score (nSPS) is 10.6. The van der Waals surface area contributed by atoms with Gasteiger partial charge in [-0.1, -0.05) is 12.1 Å². The average Bonchev–Trinajstić information content (AvgIpc) is 2.89. The second-order valence-corrected chi connectivity index (χ2v) is 4.83. The highest BCUT2D eigenvalue weighted by Gasteiger charge is 2.11. The van der Waals surface area contributed by atoms with E-state index in [1.165, 1.54) is 19.2 Å². The second-order valence-electron chi connectivity index (χ2n) is 4.83. The zero-order chi connectivity index (χ0) is 15.7. The Labute approximate surface area is 125 Å². The first kappa shape index (κ1) is 13.7. The van der Waals surface area contributed by atoms with Gasteiger partial charge in [0.05, 0.1) is 4.92 Å². The van der Waals surface area contributed by atoms with Crippen molar-refractivity contribution in [3.05, 3.63) is 52.7 Å². The average molecular weight is 296 g/mol. The lowest BCUT2D eigenvalue weighted by molar-refractivity contribution is -0.385. The van der Waals surface area contributed by atoms with Crippen LogP contribution in [-0.4, -0.2) is 20.8 Å². The first-order chi connectivity index (χ1) is 10.5. The van der Waals surface area contributed by atoms with Crippen molar-refractivity contribution in [3.8, 4) is 11.3 Å². The number of anilines is 1. The van der Waals surface area contributed by atoms with Crippen LogP contribution < -0.4 is 5.32 Å². The smallest absolute Gasteiger partial charge is 0.288 e. The first-order valence-corrected chi connectivity index (χ1v) is 6.54. The van der Waals surface area contributed by atoms with Crippen molar-refractivity contribution in [1.29, 1.82) is 0 Å². The Balaban J connectivity index is 2.03. The van der Waals surface area contributed by atoms with E-state index in [9.17, 15) is 14.9 Å². The van der Waals surface area contributed by atoms with Gasteiger partial charge in [0.2, 0.25) is 5.91 Å². The van der Waals surface area contributed by atoms with E-state index in [-0.39, 0.29) is 11.6 Å². The zero-order valence-corrected chi connectivity index (χ0v) is 11.7. The quantitative estimate of drug-likeness (QED) is 0.572. The van der Waals surface area contributed by atoms with Crippen LogP contribution in [0.3, 0.4) is 0 Å². The molecular formula is C15H12N4O3. The number of fused-ring (bicyclic) bond motifs is 1. The molecule has 0 aliphatic carbocycles. The summed E-state index contributed by atoms with van der Waals surface area (Å²) in [5, 5.41) is 14.2. The van der Waals surface area contributed by atoms with Gasteiger partial charge in [-0.3, -0.25) is 14.9 Å². The van der Waals surface area contributed by atoms with Crippen LogP contribution in [0.25, 0.3) is 22.3 Å². The van der Waals surface area contributed by atoms with Crippen LogP contribution in [0.15, 0.2) is 42.6 Å². The lowest BCUT2D eigenvalue weighted by Crippen LogP contribution is -2.05. The molecule has 0 bridgehead atoms. The lowest BCUT2D eigenvalue weighted by atomic mass is 10.1. The third-order valence-electron chi connectivity index (χ3n) is 3.16. The number of hydrogen-bond donors (Lipinski definition) is 2. The number of rotatable bonds is 3. The minimum absolute atomic E-state index is 0.0509. The number of amides is 1. The molecule has 0 aliphatic heterocycles. The number of carbonyl (C=O) groups excluding carboxylic acids is 1. The number of H-pyrrole nitrogens is 1. The van der Waals surface area contributed by atoms with Crippen LogP contribution in [0, 0.1) is 10.1 Å². The molecule has 0 atom stereocenters. The van der Waals surface area contributed by atoms with Gasteiger partial charge in [-0.2, -0.15) is 0 Å². The highest BCUT2D eigenvalue weighted by atomic mass is 16.6. The predicted octanol–water partition coefficient (Wildman–Crippen LogP) is 3.10. The number of carbonyl (C=O) groups is 1. The molecular weight excluding hydrogens is 284 g/mol. The molecule has 3 rings (SSSR count). The lowest BCUT2D eigenvalue weighted by Gasteiger charge is -2.04. The number of benzene rings is 1. The van der Waals surface area contributed by atoms with Crippen LogP contribution in [-0.2, 0) is 4.79 Å². The van der Waals surface area contributed by atoms with Crippen molar-refractivity contribution in [1.82, 2.24) is 9.97 Å². The Kier molecular flexibility index (Phi) is 3.30. The first-order valence-electron chi connectivity index (χ1n) is 6.54. The second kappa shape index (κ2) is 5.28. The third-order valence-corrected chi connectivity index (χ3v) is 3.16. The molecule has 0 fully saturated rings. The van der Waals surface area contributed by atoms with Crippen LogP contribution in [0.2, 0.25) is 0 Å². The van der Waals surface area contributed by atoms with E-state index in [2.05, 4.69) is 15.3 Å². The van der Waals surface area contributed by atoms with Crippen molar-refractivity contribution in [2.24, 2.45) is 0 Å². The van der Waals surface area contributed by atoms with Gasteiger partial charge in [0, 0.05) is 35.3 Å². The molecule has 0 saturated heterocycles. The van der Waals surface area contributed by atoms with Crippen molar-refractivity contribution in [3.63, 3.8) is 0 Å². The van der Waals surface area contributed by atoms with Gasteiger partial charge in [-0.05, 0) is 18.2 Å². The molecule has 2 heterocycles. The Hall–Kier alpha value is -3.22. The highest BCUT2D eigenvalue weighted by molar-refractivity contribution is 5.90. The SMILES string of the molecule is CC(=O)Nc1cccc(-c2cc3cc([N+](=O)[O-])cnc3[nH]2)c1. The molecule has 22 heavy (non-hydrogen) atoms. The third kappa shape index (κ3) is 2.64. The van der Waals surface area contributed by atoms with E-state index >= 15 is 0 Å². The summed E-state index contributed by atoms with van der Waals surface area (Å²) >= 11 is 0. The molecule has 2 aromatic heterocycles. The van der Waals surface area contributed by atoms with Gasteiger partial charge in [0.25, 0.3) is 5.69 Å².